The van der Waals surface area contributed by atoms with Gasteiger partial charge in [-0.25, -0.2) is 4.98 Å². The van der Waals surface area contributed by atoms with Gasteiger partial charge in [-0.15, -0.1) is 0 Å². The van der Waals surface area contributed by atoms with E-state index >= 15 is 0 Å². The molecule has 2 aromatic carbocycles. The summed E-state index contributed by atoms with van der Waals surface area (Å²) in [6, 6.07) is 27.1. The molecule has 0 spiro atoms. The molecule has 1 unspecified atom stereocenters. The first-order valence-electron chi connectivity index (χ1n) is 11.8. The monoisotopic (exact) mass is 460 g/mol. The average molecular weight is 461 g/mol. The number of hydrogen-bond donors (Lipinski definition) is 0. The number of amides is 1. The van der Waals surface area contributed by atoms with Crippen LogP contribution in [-0.2, 0) is 0 Å². The van der Waals surface area contributed by atoms with E-state index in [-0.39, 0.29) is 11.9 Å². The first kappa shape index (κ1) is 21.2. The number of benzene rings is 2. The Morgan fingerprint density at radius 1 is 0.971 bits per heavy atom. The van der Waals surface area contributed by atoms with Gasteiger partial charge in [0.05, 0.1) is 22.7 Å². The summed E-state index contributed by atoms with van der Waals surface area (Å²) in [5.74, 6) is 0.237. The molecule has 1 aliphatic carbocycles. The molecule has 6 nitrogen and oxygen atoms in total. The molecule has 35 heavy (non-hydrogen) atoms. The van der Waals surface area contributed by atoms with E-state index in [0.717, 1.165) is 35.4 Å². The third kappa shape index (κ3) is 3.97. The minimum Gasteiger partial charge on any atom is -0.335 e. The topological polar surface area (TPSA) is 72.1 Å². The maximum Gasteiger partial charge on any atom is 0.259 e. The van der Waals surface area contributed by atoms with Crippen molar-refractivity contribution in [2.24, 2.45) is 0 Å². The summed E-state index contributed by atoms with van der Waals surface area (Å²) in [6.07, 6.45) is 3.90. The zero-order valence-corrected chi connectivity index (χ0v) is 19.3. The van der Waals surface area contributed by atoms with Gasteiger partial charge in [0.1, 0.15) is 5.69 Å². The lowest BCUT2D eigenvalue weighted by molar-refractivity contribution is 0.0754. The molecule has 172 valence electrons. The van der Waals surface area contributed by atoms with Gasteiger partial charge < -0.3 is 9.42 Å². The van der Waals surface area contributed by atoms with Crippen LogP contribution in [0.1, 0.15) is 52.1 Å². The summed E-state index contributed by atoms with van der Waals surface area (Å²) in [6.45, 7) is 0. The SMILES string of the molecule is CN(C(=O)c1cc(C2CC2)nc2onc(-c3ccccc3)c12)C(c1ccccc1)c1ccccn1. The van der Waals surface area contributed by atoms with Gasteiger partial charge in [-0.3, -0.25) is 9.78 Å². The summed E-state index contributed by atoms with van der Waals surface area (Å²) in [5.41, 5.74) is 5.14. The normalized spacial score (nSPS) is 14.1. The fourth-order valence-corrected chi connectivity index (χ4v) is 4.59. The Hall–Kier alpha value is -4.32. The predicted molar refractivity (Wildman–Crippen MR) is 134 cm³/mol. The van der Waals surface area contributed by atoms with E-state index in [1.807, 2.05) is 92.0 Å². The van der Waals surface area contributed by atoms with E-state index in [1.165, 1.54) is 0 Å². The maximum absolute atomic E-state index is 14.2. The van der Waals surface area contributed by atoms with Crippen molar-refractivity contribution in [3.8, 4) is 11.3 Å². The van der Waals surface area contributed by atoms with Crippen LogP contribution in [0.2, 0.25) is 0 Å². The number of fused-ring (bicyclic) bond motifs is 1. The van der Waals surface area contributed by atoms with Gasteiger partial charge in [-0.2, -0.15) is 0 Å². The molecule has 1 atom stereocenters. The van der Waals surface area contributed by atoms with Crippen LogP contribution in [0.5, 0.6) is 0 Å². The minimum absolute atomic E-state index is 0.126. The summed E-state index contributed by atoms with van der Waals surface area (Å²) < 4.78 is 5.68. The van der Waals surface area contributed by atoms with Gasteiger partial charge in [-0.05, 0) is 36.6 Å². The van der Waals surface area contributed by atoms with Crippen LogP contribution in [0, 0.1) is 0 Å². The van der Waals surface area contributed by atoms with Gasteiger partial charge in [0.15, 0.2) is 0 Å². The van der Waals surface area contributed by atoms with Crippen molar-refractivity contribution in [3.05, 3.63) is 114 Å². The van der Waals surface area contributed by atoms with Crippen molar-refractivity contribution in [3.63, 3.8) is 0 Å². The highest BCUT2D eigenvalue weighted by Gasteiger charge is 2.32. The number of carbonyl (C=O) groups excluding carboxylic acids is 1. The number of rotatable bonds is 6. The molecule has 0 bridgehead atoms. The second-order valence-corrected chi connectivity index (χ2v) is 8.93. The lowest BCUT2D eigenvalue weighted by Gasteiger charge is -2.28. The van der Waals surface area contributed by atoms with Crippen LogP contribution in [0.15, 0.2) is 95.6 Å². The molecular weight excluding hydrogens is 436 g/mol. The van der Waals surface area contributed by atoms with E-state index in [4.69, 9.17) is 9.51 Å². The van der Waals surface area contributed by atoms with Crippen LogP contribution < -0.4 is 0 Å². The van der Waals surface area contributed by atoms with Gasteiger partial charge in [0.25, 0.3) is 11.6 Å². The van der Waals surface area contributed by atoms with Gasteiger partial charge in [0, 0.05) is 30.4 Å². The molecule has 0 radical (unpaired) electrons. The Balaban J connectivity index is 1.51. The molecule has 0 aliphatic heterocycles. The van der Waals surface area contributed by atoms with Crippen molar-refractivity contribution in [1.29, 1.82) is 0 Å². The molecule has 3 heterocycles. The van der Waals surface area contributed by atoms with Crippen LogP contribution in [-0.4, -0.2) is 33.0 Å². The van der Waals surface area contributed by atoms with Crippen LogP contribution in [0.4, 0.5) is 0 Å². The highest BCUT2D eigenvalue weighted by Crippen LogP contribution is 2.42. The number of carbonyl (C=O) groups is 1. The first-order chi connectivity index (χ1) is 17.2. The molecule has 1 aliphatic rings. The molecule has 1 fully saturated rings. The summed E-state index contributed by atoms with van der Waals surface area (Å²) in [5, 5.41) is 4.97. The van der Waals surface area contributed by atoms with Gasteiger partial charge >= 0.3 is 0 Å². The molecule has 5 aromatic rings. The molecule has 1 saturated carbocycles. The third-order valence-electron chi connectivity index (χ3n) is 6.53. The maximum atomic E-state index is 14.2. The largest absolute Gasteiger partial charge is 0.335 e. The first-order valence-corrected chi connectivity index (χ1v) is 11.8. The molecule has 6 heteroatoms. The Bertz CT molecular complexity index is 1440. The number of nitrogens with zero attached hydrogens (tertiary/aromatic N) is 4. The number of aromatic nitrogens is 3. The van der Waals surface area contributed by atoms with Crippen molar-refractivity contribution >= 4 is 17.0 Å². The predicted octanol–water partition coefficient (Wildman–Crippen LogP) is 6.02. The zero-order valence-electron chi connectivity index (χ0n) is 19.3. The van der Waals surface area contributed by atoms with Crippen molar-refractivity contribution in [2.45, 2.75) is 24.8 Å². The molecule has 0 saturated heterocycles. The van der Waals surface area contributed by atoms with Crippen molar-refractivity contribution < 1.29 is 9.32 Å². The number of pyridine rings is 2. The van der Waals surface area contributed by atoms with E-state index in [0.29, 0.717) is 28.3 Å². The molecule has 0 N–H and O–H groups in total. The lowest BCUT2D eigenvalue weighted by atomic mass is 9.99. The lowest BCUT2D eigenvalue weighted by Crippen LogP contribution is -2.32. The highest BCUT2D eigenvalue weighted by atomic mass is 16.5. The van der Waals surface area contributed by atoms with Crippen molar-refractivity contribution in [2.75, 3.05) is 7.05 Å². The quantitative estimate of drug-likeness (QED) is 0.310. The molecule has 6 rings (SSSR count). The Morgan fingerprint density at radius 2 is 1.69 bits per heavy atom. The van der Waals surface area contributed by atoms with Crippen LogP contribution >= 0.6 is 0 Å². The van der Waals surface area contributed by atoms with Crippen LogP contribution in [0.3, 0.4) is 0 Å². The summed E-state index contributed by atoms with van der Waals surface area (Å²) >= 11 is 0. The van der Waals surface area contributed by atoms with E-state index in [2.05, 4.69) is 10.1 Å². The van der Waals surface area contributed by atoms with Gasteiger partial charge in [0.2, 0.25) is 0 Å². The zero-order chi connectivity index (χ0) is 23.8. The van der Waals surface area contributed by atoms with E-state index in [9.17, 15) is 4.79 Å². The summed E-state index contributed by atoms with van der Waals surface area (Å²) in [7, 11) is 1.83. The minimum atomic E-state index is -0.350. The smallest absolute Gasteiger partial charge is 0.259 e. The summed E-state index contributed by atoms with van der Waals surface area (Å²) in [4.78, 5) is 25.3. The Kier molecular flexibility index (Phi) is 5.34. The highest BCUT2D eigenvalue weighted by molar-refractivity contribution is 6.09. The number of hydrogen-bond acceptors (Lipinski definition) is 5. The third-order valence-corrected chi connectivity index (χ3v) is 6.53. The van der Waals surface area contributed by atoms with Crippen molar-refractivity contribution in [1.82, 2.24) is 20.0 Å². The van der Waals surface area contributed by atoms with E-state index in [1.54, 1.807) is 11.1 Å². The molecular formula is C29H24N4O2. The van der Waals surface area contributed by atoms with Crippen LogP contribution in [0.25, 0.3) is 22.4 Å². The fraction of sp³-hybridized carbons (Fsp3) is 0.172. The average Bonchev–Trinajstić information content (AvgIpc) is 3.68. The standard InChI is InChI=1S/C29H24N4O2/c1-33(27(21-12-6-3-7-13-21)23-14-8-9-17-30-23)29(34)22-18-24(19-15-16-19)31-28-25(22)26(32-35-28)20-10-4-2-5-11-20/h2-14,17-19,27H,15-16H2,1H3. The Labute approximate surface area is 203 Å². The fourth-order valence-electron chi connectivity index (χ4n) is 4.59. The second-order valence-electron chi connectivity index (χ2n) is 8.93. The Morgan fingerprint density at radius 3 is 2.37 bits per heavy atom. The van der Waals surface area contributed by atoms with Gasteiger partial charge in [-0.1, -0.05) is 71.9 Å². The molecule has 3 aromatic heterocycles. The second kappa shape index (κ2) is 8.80. The van der Waals surface area contributed by atoms with E-state index < -0.39 is 0 Å². The molecule has 1 amide bonds.